The van der Waals surface area contributed by atoms with Gasteiger partial charge in [0.15, 0.2) is 0 Å². The Kier molecular flexibility index (Phi) is 4.27. The van der Waals surface area contributed by atoms with Crippen LogP contribution in [0.4, 0.5) is 0 Å². The predicted molar refractivity (Wildman–Crippen MR) is 70.5 cm³/mol. The molecule has 1 aromatic heterocycles. The van der Waals surface area contributed by atoms with E-state index in [1.807, 2.05) is 36.5 Å². The highest BCUT2D eigenvalue weighted by Crippen LogP contribution is 2.08. The summed E-state index contributed by atoms with van der Waals surface area (Å²) in [4.78, 5) is 10.6. The van der Waals surface area contributed by atoms with Crippen molar-refractivity contribution in [2.75, 3.05) is 6.54 Å². The second kappa shape index (κ2) is 6.12. The lowest BCUT2D eigenvalue weighted by Crippen LogP contribution is -2.37. The Hall–Kier alpha value is -2.18. The number of aromatic nitrogens is 2. The summed E-state index contributed by atoms with van der Waals surface area (Å²) in [6.07, 6.45) is 2.44. The Labute approximate surface area is 110 Å². The van der Waals surface area contributed by atoms with E-state index in [0.717, 1.165) is 11.3 Å². The van der Waals surface area contributed by atoms with Crippen molar-refractivity contribution in [2.45, 2.75) is 12.6 Å². The van der Waals surface area contributed by atoms with Gasteiger partial charge in [-0.2, -0.15) is 5.10 Å². The van der Waals surface area contributed by atoms with E-state index in [1.54, 1.807) is 10.9 Å². The fraction of sp³-hybridized carbons (Fsp3) is 0.231. The highest BCUT2D eigenvalue weighted by Gasteiger charge is 2.09. The number of nitrogens with zero attached hydrogens (tertiary/aromatic N) is 2. The largest absolute Gasteiger partial charge is 0.382 e. The maximum absolute atomic E-state index is 10.6. The number of nitrogens with two attached hydrogens (primary N) is 1. The number of amides is 1. The molecule has 0 aliphatic heterocycles. The normalized spacial score (nSPS) is 12.3. The van der Waals surface area contributed by atoms with Crippen molar-refractivity contribution in [3.8, 4) is 5.69 Å². The molecule has 6 heteroatoms. The van der Waals surface area contributed by atoms with Crippen LogP contribution < -0.4 is 11.1 Å². The molecule has 6 nitrogen and oxygen atoms in total. The van der Waals surface area contributed by atoms with Gasteiger partial charge in [0.25, 0.3) is 0 Å². The smallest absolute Gasteiger partial charge is 0.247 e. The maximum Gasteiger partial charge on any atom is 0.247 e. The summed E-state index contributed by atoms with van der Waals surface area (Å²) in [5.41, 5.74) is 6.98. The quantitative estimate of drug-likeness (QED) is 0.671. The van der Waals surface area contributed by atoms with Crippen molar-refractivity contribution in [1.29, 1.82) is 0 Å². The van der Waals surface area contributed by atoms with Gasteiger partial charge in [-0.1, -0.05) is 12.1 Å². The van der Waals surface area contributed by atoms with Gasteiger partial charge in [-0.3, -0.25) is 4.79 Å². The number of benzene rings is 1. The zero-order valence-electron chi connectivity index (χ0n) is 10.4. The van der Waals surface area contributed by atoms with E-state index < -0.39 is 12.0 Å². The van der Waals surface area contributed by atoms with Crippen LogP contribution in [0, 0.1) is 0 Å². The van der Waals surface area contributed by atoms with Gasteiger partial charge in [-0.25, -0.2) is 4.68 Å². The molecule has 0 fully saturated rings. The van der Waals surface area contributed by atoms with Crippen LogP contribution >= 0.6 is 0 Å². The van der Waals surface area contributed by atoms with Crippen molar-refractivity contribution in [1.82, 2.24) is 15.1 Å². The molecule has 0 saturated carbocycles. The molecule has 2 aromatic rings. The molecule has 4 N–H and O–H groups in total. The van der Waals surface area contributed by atoms with E-state index in [0.29, 0.717) is 6.54 Å². The number of carbonyl (C=O) groups is 1. The summed E-state index contributed by atoms with van der Waals surface area (Å²) in [5.74, 6) is -0.721. The van der Waals surface area contributed by atoms with Gasteiger partial charge in [-0.15, -0.1) is 0 Å². The van der Waals surface area contributed by atoms with Gasteiger partial charge < -0.3 is 16.2 Å². The predicted octanol–water partition coefficient (Wildman–Crippen LogP) is -0.192. The molecule has 1 unspecified atom stereocenters. The second-order valence-corrected chi connectivity index (χ2v) is 4.17. The van der Waals surface area contributed by atoms with Gasteiger partial charge in [-0.05, 0) is 23.8 Å². The van der Waals surface area contributed by atoms with E-state index >= 15 is 0 Å². The van der Waals surface area contributed by atoms with Crippen molar-refractivity contribution in [3.63, 3.8) is 0 Å². The van der Waals surface area contributed by atoms with Gasteiger partial charge in [0.05, 0.1) is 5.69 Å². The lowest BCUT2D eigenvalue weighted by molar-refractivity contribution is -0.125. The minimum atomic E-state index is -1.15. The first-order valence-electron chi connectivity index (χ1n) is 5.94. The minimum Gasteiger partial charge on any atom is -0.382 e. The standard InChI is InChI=1S/C13H16N4O2/c14-13(19)12(18)9-15-8-10-2-4-11(5-3-10)17-7-1-6-16-17/h1-7,12,15,18H,8-9H2,(H2,14,19). The molecule has 0 radical (unpaired) electrons. The zero-order valence-corrected chi connectivity index (χ0v) is 10.4. The van der Waals surface area contributed by atoms with E-state index in [4.69, 9.17) is 5.73 Å². The van der Waals surface area contributed by atoms with Crippen LogP contribution in [0.25, 0.3) is 5.69 Å². The van der Waals surface area contributed by atoms with Crippen molar-refractivity contribution < 1.29 is 9.90 Å². The topological polar surface area (TPSA) is 93.2 Å². The van der Waals surface area contributed by atoms with E-state index in [2.05, 4.69) is 10.4 Å². The average molecular weight is 260 g/mol. The molecule has 0 aliphatic rings. The first-order chi connectivity index (χ1) is 9.16. The minimum absolute atomic E-state index is 0.149. The summed E-state index contributed by atoms with van der Waals surface area (Å²) in [6, 6.07) is 9.69. The van der Waals surface area contributed by atoms with Gasteiger partial charge in [0.2, 0.25) is 5.91 Å². The van der Waals surface area contributed by atoms with Crippen molar-refractivity contribution >= 4 is 5.91 Å². The number of rotatable bonds is 6. The van der Waals surface area contributed by atoms with Crippen LogP contribution in [0.5, 0.6) is 0 Å². The number of nitrogens with one attached hydrogen (secondary N) is 1. The molecular weight excluding hydrogens is 244 g/mol. The number of aliphatic hydroxyl groups excluding tert-OH is 1. The van der Waals surface area contributed by atoms with Crippen LogP contribution in [0.1, 0.15) is 5.56 Å². The molecule has 100 valence electrons. The van der Waals surface area contributed by atoms with Crippen LogP contribution in [-0.4, -0.2) is 33.4 Å². The number of hydrogen-bond acceptors (Lipinski definition) is 4. The van der Waals surface area contributed by atoms with Gasteiger partial charge in [0.1, 0.15) is 6.10 Å². The first-order valence-corrected chi connectivity index (χ1v) is 5.94. The summed E-state index contributed by atoms with van der Waals surface area (Å²) in [7, 11) is 0. The Morgan fingerprint density at radius 3 is 2.74 bits per heavy atom. The zero-order chi connectivity index (χ0) is 13.7. The molecule has 1 heterocycles. The molecule has 1 atom stereocenters. The fourth-order valence-electron chi connectivity index (χ4n) is 1.64. The maximum atomic E-state index is 10.6. The molecule has 2 rings (SSSR count). The van der Waals surface area contributed by atoms with E-state index in [9.17, 15) is 9.90 Å². The van der Waals surface area contributed by atoms with Crippen LogP contribution in [0.2, 0.25) is 0 Å². The second-order valence-electron chi connectivity index (χ2n) is 4.17. The fourth-order valence-corrected chi connectivity index (χ4v) is 1.64. The van der Waals surface area contributed by atoms with Crippen LogP contribution in [-0.2, 0) is 11.3 Å². The molecule has 0 bridgehead atoms. The SMILES string of the molecule is NC(=O)C(O)CNCc1ccc(-n2cccn2)cc1. The number of primary amides is 1. The third-order valence-corrected chi connectivity index (χ3v) is 2.70. The number of aliphatic hydroxyl groups is 1. The van der Waals surface area contributed by atoms with Gasteiger partial charge in [0, 0.05) is 25.5 Å². The third kappa shape index (κ3) is 3.64. The molecule has 19 heavy (non-hydrogen) atoms. The molecule has 1 amide bonds. The Morgan fingerprint density at radius 1 is 1.42 bits per heavy atom. The summed E-state index contributed by atoms with van der Waals surface area (Å²) in [5, 5.41) is 16.3. The highest BCUT2D eigenvalue weighted by molar-refractivity contribution is 5.78. The molecule has 0 spiro atoms. The van der Waals surface area contributed by atoms with Crippen LogP contribution in [0.3, 0.4) is 0 Å². The Morgan fingerprint density at radius 2 is 2.16 bits per heavy atom. The monoisotopic (exact) mass is 260 g/mol. The lowest BCUT2D eigenvalue weighted by atomic mass is 10.2. The van der Waals surface area contributed by atoms with Gasteiger partial charge >= 0.3 is 0 Å². The number of hydrogen-bond donors (Lipinski definition) is 3. The molecule has 0 saturated heterocycles. The summed E-state index contributed by atoms with van der Waals surface area (Å²) >= 11 is 0. The van der Waals surface area contributed by atoms with E-state index in [-0.39, 0.29) is 6.54 Å². The Bertz CT molecular complexity index is 522. The van der Waals surface area contributed by atoms with Crippen molar-refractivity contribution in [2.24, 2.45) is 5.73 Å². The molecule has 0 aliphatic carbocycles. The number of carbonyl (C=O) groups excluding carboxylic acids is 1. The molecular formula is C13H16N4O2. The summed E-state index contributed by atoms with van der Waals surface area (Å²) in [6.45, 7) is 0.708. The lowest BCUT2D eigenvalue weighted by Gasteiger charge is -2.09. The summed E-state index contributed by atoms with van der Waals surface area (Å²) < 4.78 is 1.77. The third-order valence-electron chi connectivity index (χ3n) is 2.70. The van der Waals surface area contributed by atoms with Crippen molar-refractivity contribution in [3.05, 3.63) is 48.3 Å². The average Bonchev–Trinajstić information content (AvgIpc) is 2.93. The molecule has 1 aromatic carbocycles. The highest BCUT2D eigenvalue weighted by atomic mass is 16.3. The van der Waals surface area contributed by atoms with Crippen LogP contribution in [0.15, 0.2) is 42.7 Å². The first kappa shape index (κ1) is 13.3. The van der Waals surface area contributed by atoms with E-state index in [1.165, 1.54) is 0 Å². The Balaban J connectivity index is 1.87.